The van der Waals surface area contributed by atoms with Gasteiger partial charge in [-0.1, -0.05) is 32.0 Å². The molecule has 0 saturated heterocycles. The molecule has 0 aliphatic rings. The van der Waals surface area contributed by atoms with Gasteiger partial charge in [-0.15, -0.1) is 0 Å². The third kappa shape index (κ3) is 5.44. The van der Waals surface area contributed by atoms with E-state index in [1.165, 1.54) is 16.7 Å². The van der Waals surface area contributed by atoms with Crippen molar-refractivity contribution < 1.29 is 14.0 Å². The molecule has 0 saturated carbocycles. The molecule has 1 N–H and O–H groups in total. The first kappa shape index (κ1) is 23.3. The second-order valence-corrected chi connectivity index (χ2v) is 8.98. The number of pyridine rings is 1. The van der Waals surface area contributed by atoms with Gasteiger partial charge >= 0.3 is 0 Å². The van der Waals surface area contributed by atoms with Gasteiger partial charge in [0.15, 0.2) is 5.76 Å². The Balaban J connectivity index is 2.13. The maximum atomic E-state index is 13.6. The Labute approximate surface area is 189 Å². The van der Waals surface area contributed by atoms with Gasteiger partial charge in [-0.25, -0.2) is 0 Å². The highest BCUT2D eigenvalue weighted by Crippen LogP contribution is 2.31. The fraction of sp³-hybridized carbons (Fsp3) is 0.346. The van der Waals surface area contributed by atoms with E-state index in [-0.39, 0.29) is 11.7 Å². The van der Waals surface area contributed by atoms with Gasteiger partial charge in [0.2, 0.25) is 5.91 Å². The first-order valence-corrected chi connectivity index (χ1v) is 10.9. The molecule has 2 heterocycles. The van der Waals surface area contributed by atoms with Crippen LogP contribution in [0.4, 0.5) is 5.69 Å². The highest BCUT2D eigenvalue weighted by Gasteiger charge is 2.36. The number of benzene rings is 1. The third-order valence-electron chi connectivity index (χ3n) is 5.31. The molecule has 2 amide bonds. The molecule has 6 nitrogen and oxygen atoms in total. The molecular formula is C26H31N3O3. The largest absolute Gasteiger partial charge is 0.459 e. The fourth-order valence-corrected chi connectivity index (χ4v) is 3.50. The number of nitrogens with one attached hydrogen (secondary N) is 1. The summed E-state index contributed by atoms with van der Waals surface area (Å²) in [4.78, 5) is 32.8. The fourth-order valence-electron chi connectivity index (χ4n) is 3.50. The van der Waals surface area contributed by atoms with Crippen LogP contribution in [0, 0.1) is 0 Å². The lowest BCUT2D eigenvalue weighted by Gasteiger charge is -2.33. The van der Waals surface area contributed by atoms with Crippen molar-refractivity contribution in [1.29, 1.82) is 0 Å². The molecule has 3 rings (SSSR count). The Bertz CT molecular complexity index is 1020. The van der Waals surface area contributed by atoms with E-state index in [0.29, 0.717) is 17.2 Å². The number of nitrogens with zero attached hydrogens (tertiary/aromatic N) is 2. The maximum Gasteiger partial charge on any atom is 0.294 e. The highest BCUT2D eigenvalue weighted by atomic mass is 16.3. The number of aromatic nitrogens is 1. The lowest BCUT2D eigenvalue weighted by molar-refractivity contribution is -0.123. The molecule has 3 aromatic rings. The van der Waals surface area contributed by atoms with Gasteiger partial charge in [0.25, 0.3) is 5.91 Å². The van der Waals surface area contributed by atoms with Crippen LogP contribution >= 0.6 is 0 Å². The van der Waals surface area contributed by atoms with Gasteiger partial charge in [-0.2, -0.15) is 0 Å². The molecule has 0 spiro atoms. The second kappa shape index (κ2) is 9.81. The number of carbonyl (C=O) groups excluding carboxylic acids is 2. The summed E-state index contributed by atoms with van der Waals surface area (Å²) in [5, 5.41) is 3.02. The molecule has 0 aliphatic carbocycles. The summed E-state index contributed by atoms with van der Waals surface area (Å²) in [7, 11) is 0. The van der Waals surface area contributed by atoms with Crippen molar-refractivity contribution in [3.05, 3.63) is 84.1 Å². The van der Waals surface area contributed by atoms with Crippen molar-refractivity contribution in [3.8, 4) is 0 Å². The van der Waals surface area contributed by atoms with E-state index in [0.717, 1.165) is 6.42 Å². The zero-order chi connectivity index (χ0) is 23.3. The lowest BCUT2D eigenvalue weighted by atomic mass is 9.97. The van der Waals surface area contributed by atoms with Crippen LogP contribution < -0.4 is 10.2 Å². The Morgan fingerprint density at radius 2 is 1.78 bits per heavy atom. The molecule has 168 valence electrons. The predicted octanol–water partition coefficient (Wildman–Crippen LogP) is 5.49. The highest BCUT2D eigenvalue weighted by molar-refractivity contribution is 6.08. The van der Waals surface area contributed by atoms with Gasteiger partial charge in [0.05, 0.1) is 6.26 Å². The number of amides is 2. The summed E-state index contributed by atoms with van der Waals surface area (Å²) in [6.07, 6.45) is 5.72. The van der Waals surface area contributed by atoms with Crippen LogP contribution in [0.3, 0.4) is 0 Å². The van der Waals surface area contributed by atoms with Crippen molar-refractivity contribution in [1.82, 2.24) is 10.3 Å². The minimum Gasteiger partial charge on any atom is -0.459 e. The lowest BCUT2D eigenvalue weighted by Crippen LogP contribution is -2.49. The van der Waals surface area contributed by atoms with E-state index in [2.05, 4.69) is 24.1 Å². The summed E-state index contributed by atoms with van der Waals surface area (Å²) < 4.78 is 5.41. The van der Waals surface area contributed by atoms with Crippen LogP contribution in [0.5, 0.6) is 0 Å². The molecule has 2 atom stereocenters. The van der Waals surface area contributed by atoms with E-state index in [1.807, 2.05) is 45.0 Å². The van der Waals surface area contributed by atoms with Gasteiger partial charge in [-0.05, 0) is 69.0 Å². The van der Waals surface area contributed by atoms with E-state index in [4.69, 9.17) is 4.42 Å². The van der Waals surface area contributed by atoms with Crippen molar-refractivity contribution in [3.63, 3.8) is 0 Å². The van der Waals surface area contributed by atoms with Gasteiger partial charge in [-0.3, -0.25) is 19.5 Å². The molecule has 0 aliphatic heterocycles. The van der Waals surface area contributed by atoms with Crippen molar-refractivity contribution >= 4 is 17.5 Å². The number of hydrogen-bond donors (Lipinski definition) is 1. The van der Waals surface area contributed by atoms with Crippen LogP contribution in [-0.4, -0.2) is 22.3 Å². The topological polar surface area (TPSA) is 75.4 Å². The molecule has 2 aromatic heterocycles. The van der Waals surface area contributed by atoms with Gasteiger partial charge in [0.1, 0.15) is 6.04 Å². The summed E-state index contributed by atoms with van der Waals surface area (Å²) in [5.41, 5.74) is 1.92. The van der Waals surface area contributed by atoms with Crippen LogP contribution in [0.2, 0.25) is 0 Å². The number of hydrogen-bond acceptors (Lipinski definition) is 4. The Kier molecular flexibility index (Phi) is 7.13. The molecule has 0 radical (unpaired) electrons. The smallest absolute Gasteiger partial charge is 0.294 e. The van der Waals surface area contributed by atoms with Crippen LogP contribution in [-0.2, 0) is 4.79 Å². The van der Waals surface area contributed by atoms with E-state index in [9.17, 15) is 9.59 Å². The SMILES string of the molecule is CCC(C)c1ccc(N(C(=O)c2ccco2)[C@@H](C(=O)NC(C)(C)C)c2cccnc2)cc1. The zero-order valence-corrected chi connectivity index (χ0v) is 19.3. The average molecular weight is 434 g/mol. The predicted molar refractivity (Wildman–Crippen MR) is 126 cm³/mol. The molecule has 0 bridgehead atoms. The maximum absolute atomic E-state index is 13.6. The van der Waals surface area contributed by atoms with Gasteiger partial charge in [0, 0.05) is 29.2 Å². The summed E-state index contributed by atoms with van der Waals surface area (Å²) >= 11 is 0. The monoisotopic (exact) mass is 433 g/mol. The number of rotatable bonds is 7. The number of anilines is 1. The number of carbonyl (C=O) groups is 2. The minimum atomic E-state index is -0.921. The van der Waals surface area contributed by atoms with Crippen LogP contribution in [0.25, 0.3) is 0 Å². The first-order chi connectivity index (χ1) is 15.2. The number of furan rings is 1. The van der Waals surface area contributed by atoms with Crippen molar-refractivity contribution in [2.24, 2.45) is 0 Å². The average Bonchev–Trinajstić information content (AvgIpc) is 3.31. The summed E-state index contributed by atoms with van der Waals surface area (Å²) in [6.45, 7) is 10.0. The molecule has 6 heteroatoms. The summed E-state index contributed by atoms with van der Waals surface area (Å²) in [6, 6.07) is 13.7. The van der Waals surface area contributed by atoms with Crippen molar-refractivity contribution in [2.45, 2.75) is 58.5 Å². The quantitative estimate of drug-likeness (QED) is 0.534. The van der Waals surface area contributed by atoms with E-state index >= 15 is 0 Å². The Morgan fingerprint density at radius 1 is 1.06 bits per heavy atom. The molecule has 0 fully saturated rings. The van der Waals surface area contributed by atoms with Gasteiger partial charge < -0.3 is 9.73 Å². The van der Waals surface area contributed by atoms with E-state index < -0.39 is 17.5 Å². The standard InChI is InChI=1S/C26H31N3O3/c1-6-18(2)19-11-13-21(14-12-19)29(25(31)22-10-8-16-32-22)23(20-9-7-15-27-17-20)24(30)28-26(3,4)5/h7-18,23H,6H2,1-5H3,(H,28,30)/t18?,23-/m1/s1. The third-order valence-corrected chi connectivity index (χ3v) is 5.31. The Hall–Kier alpha value is -3.41. The first-order valence-electron chi connectivity index (χ1n) is 10.9. The molecule has 1 unspecified atom stereocenters. The zero-order valence-electron chi connectivity index (χ0n) is 19.3. The second-order valence-electron chi connectivity index (χ2n) is 8.98. The molecule has 1 aromatic carbocycles. The molecule has 32 heavy (non-hydrogen) atoms. The summed E-state index contributed by atoms with van der Waals surface area (Å²) in [5.74, 6) is -0.134. The van der Waals surface area contributed by atoms with Crippen LogP contribution in [0.15, 0.2) is 71.6 Å². The van der Waals surface area contributed by atoms with Crippen molar-refractivity contribution in [2.75, 3.05) is 4.90 Å². The van der Waals surface area contributed by atoms with E-state index in [1.54, 1.807) is 36.7 Å². The molecular weight excluding hydrogens is 402 g/mol. The Morgan fingerprint density at radius 3 is 2.31 bits per heavy atom. The normalized spacial score (nSPS) is 13.3. The minimum absolute atomic E-state index is 0.161. The van der Waals surface area contributed by atoms with Crippen LogP contribution in [0.1, 0.15) is 74.7 Å².